The number of rotatable bonds is 5. The number of benzene rings is 2. The second kappa shape index (κ2) is 8.67. The van der Waals surface area contributed by atoms with Crippen LogP contribution in [0.4, 0.5) is 5.69 Å². The third-order valence-electron chi connectivity index (χ3n) is 3.96. The Labute approximate surface area is 159 Å². The maximum atomic E-state index is 6.34. The zero-order valence-corrected chi connectivity index (χ0v) is 16.3. The first-order valence-corrected chi connectivity index (χ1v) is 8.91. The third-order valence-corrected chi connectivity index (χ3v) is 4.96. The summed E-state index contributed by atoms with van der Waals surface area (Å²) in [6, 6.07) is 13.8. The summed E-state index contributed by atoms with van der Waals surface area (Å²) >= 11 is 17.9. The van der Waals surface area contributed by atoms with Crippen molar-refractivity contribution in [3.63, 3.8) is 0 Å². The van der Waals surface area contributed by atoms with Gasteiger partial charge in [0, 0.05) is 21.3 Å². The molecule has 0 aliphatic carbocycles. The van der Waals surface area contributed by atoms with Gasteiger partial charge in [-0.1, -0.05) is 47.5 Å². The number of anilines is 1. The smallest absolute Gasteiger partial charge is 0.171 e. The summed E-state index contributed by atoms with van der Waals surface area (Å²) in [5, 5.41) is 8.55. The molecule has 3 N–H and O–H groups in total. The minimum Gasteiger partial charge on any atom is -0.356 e. The molecule has 0 aromatic heterocycles. The molecule has 0 amide bonds. The lowest BCUT2D eigenvalue weighted by Gasteiger charge is -2.24. The number of hydrogen-bond donors (Lipinski definition) is 3. The van der Waals surface area contributed by atoms with E-state index in [9.17, 15) is 0 Å². The second-order valence-electron chi connectivity index (χ2n) is 5.90. The lowest BCUT2D eigenvalue weighted by molar-refractivity contribution is -0.890. The lowest BCUT2D eigenvalue weighted by Crippen LogP contribution is -3.07. The molecule has 2 rings (SSSR count). The van der Waals surface area contributed by atoms with Crippen LogP contribution in [0.5, 0.6) is 0 Å². The maximum absolute atomic E-state index is 6.34. The van der Waals surface area contributed by atoms with E-state index in [1.54, 1.807) is 0 Å². The Kier molecular flexibility index (Phi) is 6.87. The van der Waals surface area contributed by atoms with Crippen LogP contribution in [-0.4, -0.2) is 25.8 Å². The van der Waals surface area contributed by atoms with Gasteiger partial charge in [0.1, 0.15) is 6.04 Å². The Balaban J connectivity index is 2.03. The van der Waals surface area contributed by atoms with E-state index in [0.29, 0.717) is 11.7 Å². The van der Waals surface area contributed by atoms with Crippen LogP contribution in [0.2, 0.25) is 10.0 Å². The number of hydrogen-bond acceptors (Lipinski definition) is 1. The van der Waals surface area contributed by atoms with Gasteiger partial charge in [-0.3, -0.25) is 0 Å². The molecule has 24 heavy (non-hydrogen) atoms. The van der Waals surface area contributed by atoms with Gasteiger partial charge in [-0.2, -0.15) is 0 Å². The fourth-order valence-electron chi connectivity index (χ4n) is 2.49. The van der Waals surface area contributed by atoms with Crippen molar-refractivity contribution in [1.29, 1.82) is 0 Å². The van der Waals surface area contributed by atoms with Crippen LogP contribution < -0.4 is 15.5 Å². The topological polar surface area (TPSA) is 28.5 Å². The summed E-state index contributed by atoms with van der Waals surface area (Å²) in [6.45, 7) is 2.64. The number of halogens is 2. The highest BCUT2D eigenvalue weighted by Gasteiger charge is 2.20. The van der Waals surface area contributed by atoms with E-state index in [1.807, 2.05) is 43.3 Å². The zero-order valence-electron chi connectivity index (χ0n) is 14.0. The molecule has 2 aromatic carbocycles. The number of quaternary nitrogens is 1. The molecule has 0 heterocycles. The van der Waals surface area contributed by atoms with Gasteiger partial charge >= 0.3 is 0 Å². The van der Waals surface area contributed by atoms with Crippen LogP contribution in [0.3, 0.4) is 0 Å². The Bertz CT molecular complexity index is 719. The molecule has 0 aliphatic rings. The highest BCUT2D eigenvalue weighted by atomic mass is 35.5. The molecule has 128 valence electrons. The molecule has 6 heteroatoms. The van der Waals surface area contributed by atoms with Crippen molar-refractivity contribution >= 4 is 46.2 Å². The highest BCUT2D eigenvalue weighted by Crippen LogP contribution is 2.23. The Morgan fingerprint density at radius 3 is 2.42 bits per heavy atom. The standard InChI is InChI=1S/C18H21Cl2N3S/c1-12-14(19)9-6-10-16(12)22-18(24)21-11-17(23(2)3)13-7-4-5-8-15(13)20/h4-10,17H,11H2,1-3H3,(H2,21,22,24)/p+1/t17-/m1/s1. The normalized spacial score (nSPS) is 12.1. The largest absolute Gasteiger partial charge is 0.356 e. The monoisotopic (exact) mass is 382 g/mol. The predicted octanol–water partition coefficient (Wildman–Crippen LogP) is 3.47. The van der Waals surface area contributed by atoms with Gasteiger partial charge < -0.3 is 15.5 Å². The molecule has 0 spiro atoms. The predicted molar refractivity (Wildman–Crippen MR) is 107 cm³/mol. The van der Waals surface area contributed by atoms with Gasteiger partial charge in [0.05, 0.1) is 20.6 Å². The van der Waals surface area contributed by atoms with Crippen LogP contribution in [0.1, 0.15) is 17.2 Å². The first-order chi connectivity index (χ1) is 11.4. The fraction of sp³-hybridized carbons (Fsp3) is 0.278. The van der Waals surface area contributed by atoms with Crippen molar-refractivity contribution in [1.82, 2.24) is 5.32 Å². The first kappa shape index (κ1) is 19.0. The Morgan fingerprint density at radius 2 is 1.75 bits per heavy atom. The molecule has 1 atom stereocenters. The van der Waals surface area contributed by atoms with E-state index in [0.717, 1.165) is 26.9 Å². The van der Waals surface area contributed by atoms with Crippen LogP contribution >= 0.6 is 35.4 Å². The lowest BCUT2D eigenvalue weighted by atomic mass is 10.1. The molecule has 3 nitrogen and oxygen atoms in total. The van der Waals surface area contributed by atoms with Gasteiger partial charge in [0.15, 0.2) is 5.11 Å². The van der Waals surface area contributed by atoms with Gasteiger partial charge in [0.25, 0.3) is 0 Å². The van der Waals surface area contributed by atoms with E-state index < -0.39 is 0 Å². The van der Waals surface area contributed by atoms with Crippen molar-refractivity contribution in [2.24, 2.45) is 0 Å². The molecule has 0 aliphatic heterocycles. The highest BCUT2D eigenvalue weighted by molar-refractivity contribution is 7.80. The van der Waals surface area contributed by atoms with Gasteiger partial charge in [-0.15, -0.1) is 0 Å². The molecule has 0 radical (unpaired) electrons. The average molecular weight is 383 g/mol. The zero-order chi connectivity index (χ0) is 17.7. The van der Waals surface area contributed by atoms with Crippen molar-refractivity contribution in [2.75, 3.05) is 26.0 Å². The van der Waals surface area contributed by atoms with Crippen LogP contribution in [0, 0.1) is 6.92 Å². The Hall–Kier alpha value is -1.33. The van der Waals surface area contributed by atoms with Crippen molar-refractivity contribution in [2.45, 2.75) is 13.0 Å². The number of thiocarbonyl (C=S) groups is 1. The summed E-state index contributed by atoms with van der Waals surface area (Å²) in [4.78, 5) is 1.28. The molecule has 0 unspecified atom stereocenters. The molecular formula is C18H22Cl2N3S+. The van der Waals surface area contributed by atoms with Gasteiger partial charge in [-0.05, 0) is 42.9 Å². The molecule has 0 saturated carbocycles. The van der Waals surface area contributed by atoms with E-state index >= 15 is 0 Å². The van der Waals surface area contributed by atoms with Crippen LogP contribution in [0.25, 0.3) is 0 Å². The fourth-order valence-corrected chi connectivity index (χ4v) is 3.12. The Morgan fingerprint density at radius 1 is 1.08 bits per heavy atom. The quantitative estimate of drug-likeness (QED) is 0.691. The first-order valence-electron chi connectivity index (χ1n) is 7.74. The van der Waals surface area contributed by atoms with Crippen LogP contribution in [0.15, 0.2) is 42.5 Å². The van der Waals surface area contributed by atoms with E-state index in [1.165, 1.54) is 4.90 Å². The summed E-state index contributed by atoms with van der Waals surface area (Å²) in [5.74, 6) is 0. The van der Waals surface area contributed by atoms with Crippen LogP contribution in [-0.2, 0) is 0 Å². The minimum absolute atomic E-state index is 0.193. The number of nitrogens with one attached hydrogen (secondary N) is 3. The van der Waals surface area contributed by atoms with E-state index in [2.05, 4.69) is 30.8 Å². The SMILES string of the molecule is Cc1c(Cl)cccc1NC(=S)NC[C@H](c1ccccc1Cl)[NH+](C)C. The molecular weight excluding hydrogens is 361 g/mol. The summed E-state index contributed by atoms with van der Waals surface area (Å²) in [6.07, 6.45) is 0. The maximum Gasteiger partial charge on any atom is 0.171 e. The molecule has 2 aromatic rings. The summed E-state index contributed by atoms with van der Waals surface area (Å²) in [7, 11) is 4.21. The molecule has 0 saturated heterocycles. The number of likely N-dealkylation sites (N-methyl/N-ethyl adjacent to an activating group) is 1. The van der Waals surface area contributed by atoms with E-state index in [-0.39, 0.29) is 6.04 Å². The van der Waals surface area contributed by atoms with Crippen molar-refractivity contribution in [3.05, 3.63) is 63.6 Å². The summed E-state index contributed by atoms with van der Waals surface area (Å²) < 4.78 is 0. The van der Waals surface area contributed by atoms with Gasteiger partial charge in [-0.25, -0.2) is 0 Å². The third kappa shape index (κ3) is 4.84. The molecule has 0 fully saturated rings. The van der Waals surface area contributed by atoms with Crippen molar-refractivity contribution in [3.8, 4) is 0 Å². The summed E-state index contributed by atoms with van der Waals surface area (Å²) in [5.41, 5.74) is 2.99. The minimum atomic E-state index is 0.193. The van der Waals surface area contributed by atoms with E-state index in [4.69, 9.17) is 35.4 Å². The van der Waals surface area contributed by atoms with Crippen molar-refractivity contribution < 1.29 is 4.90 Å². The van der Waals surface area contributed by atoms with Gasteiger partial charge in [0.2, 0.25) is 0 Å². The second-order valence-corrected chi connectivity index (χ2v) is 7.12. The molecule has 0 bridgehead atoms. The average Bonchev–Trinajstić information content (AvgIpc) is 2.53.